The lowest BCUT2D eigenvalue weighted by Gasteiger charge is -2.12. The molecule has 0 amide bonds. The van der Waals surface area contributed by atoms with Crippen molar-refractivity contribution in [1.29, 1.82) is 0 Å². The molecule has 0 N–H and O–H groups in total. The van der Waals surface area contributed by atoms with Gasteiger partial charge in [-0.25, -0.2) is 9.97 Å². The third kappa shape index (κ3) is 6.55. The van der Waals surface area contributed by atoms with Crippen LogP contribution in [-0.4, -0.2) is 49.2 Å². The molecule has 0 radical (unpaired) electrons. The Morgan fingerprint density at radius 1 is 0.284 bits per heavy atom. The van der Waals surface area contributed by atoms with Crippen LogP contribution in [0.4, 0.5) is 0 Å². The highest BCUT2D eigenvalue weighted by Crippen LogP contribution is 2.43. The molecule has 8 aromatic carbocycles. The highest BCUT2D eigenvalue weighted by Gasteiger charge is 2.25. The first-order valence-corrected chi connectivity index (χ1v) is 22.7. The van der Waals surface area contributed by atoms with E-state index in [2.05, 4.69) is 94.1 Å². The Balaban J connectivity index is 1.02. The van der Waals surface area contributed by atoms with Gasteiger partial charge >= 0.3 is 0 Å². The van der Waals surface area contributed by atoms with Crippen molar-refractivity contribution in [1.82, 2.24) is 49.2 Å². The molecule has 0 unspecified atom stereocenters. The van der Waals surface area contributed by atoms with E-state index in [0.29, 0.717) is 35.2 Å². The predicted molar refractivity (Wildman–Crippen MR) is 268 cm³/mol. The molecule has 67 heavy (non-hydrogen) atoms. The molecule has 0 spiro atoms. The Labute approximate surface area is 387 Å². The number of para-hydroxylation sites is 4. The van der Waals surface area contributed by atoms with Gasteiger partial charge in [0.15, 0.2) is 23.3 Å². The maximum Gasteiger partial charge on any atom is 0.238 e. The molecule has 0 atom stereocenters. The topological polar surface area (TPSA) is 113 Å². The standard InChI is InChI=1S/C56H34N10S/c1-5-19-35(20-6-1)49-57-50(36-21-7-2-8-22-36)60-55(59-49)65-45-33-15-13-27-39(45)41-29-17-31-43(47(41)65)53-63-64-54(67-53)44-32-18-30-42-40-28-14-16-34-46(40)66(48(42)44)56-61-51(37-23-9-3-10-24-37)58-52(62-56)38-25-11-4-12-26-38/h1-34H. The van der Waals surface area contributed by atoms with Crippen molar-refractivity contribution >= 4 is 54.9 Å². The van der Waals surface area contributed by atoms with Crippen LogP contribution in [0.3, 0.4) is 0 Å². The Bertz CT molecular complexity index is 3610. The van der Waals surface area contributed by atoms with Crippen molar-refractivity contribution in [2.24, 2.45) is 0 Å². The molecule has 0 fully saturated rings. The van der Waals surface area contributed by atoms with Gasteiger partial charge in [-0.05, 0) is 24.3 Å². The van der Waals surface area contributed by atoms with Crippen LogP contribution in [0.2, 0.25) is 0 Å². The number of rotatable bonds is 8. The van der Waals surface area contributed by atoms with E-state index < -0.39 is 0 Å². The number of hydrogen-bond acceptors (Lipinski definition) is 9. The largest absolute Gasteiger partial charge is 0.277 e. The minimum Gasteiger partial charge on any atom is -0.277 e. The first-order valence-electron chi connectivity index (χ1n) is 21.9. The van der Waals surface area contributed by atoms with Crippen LogP contribution < -0.4 is 0 Å². The zero-order chi connectivity index (χ0) is 44.3. The average Bonchev–Trinajstić information content (AvgIpc) is 4.13. The zero-order valence-electron chi connectivity index (χ0n) is 35.5. The molecular formula is C56H34N10S. The second kappa shape index (κ2) is 15.9. The molecule has 5 aromatic heterocycles. The highest BCUT2D eigenvalue weighted by atomic mass is 32.1. The summed E-state index contributed by atoms with van der Waals surface area (Å²) in [5.41, 5.74) is 9.19. The average molecular weight is 879 g/mol. The number of aromatic nitrogens is 10. The zero-order valence-corrected chi connectivity index (χ0v) is 36.3. The van der Waals surface area contributed by atoms with Gasteiger partial charge in [0, 0.05) is 54.9 Å². The van der Waals surface area contributed by atoms with Gasteiger partial charge in [0.05, 0.1) is 22.1 Å². The molecule has 5 heterocycles. The minimum absolute atomic E-state index is 0.507. The van der Waals surface area contributed by atoms with Gasteiger partial charge in [-0.1, -0.05) is 193 Å². The van der Waals surface area contributed by atoms with Crippen LogP contribution >= 0.6 is 11.3 Å². The fourth-order valence-corrected chi connectivity index (χ4v) is 9.93. The molecule has 0 aliphatic rings. The lowest BCUT2D eigenvalue weighted by molar-refractivity contribution is 0.952. The van der Waals surface area contributed by atoms with Gasteiger partial charge in [-0.3, -0.25) is 9.13 Å². The van der Waals surface area contributed by atoms with Crippen molar-refractivity contribution in [2.75, 3.05) is 0 Å². The molecule has 10 nitrogen and oxygen atoms in total. The Hall–Kier alpha value is -9.06. The maximum atomic E-state index is 5.19. The molecular weight excluding hydrogens is 845 g/mol. The van der Waals surface area contributed by atoms with Crippen LogP contribution in [0.25, 0.3) is 122 Å². The molecule has 0 aliphatic heterocycles. The van der Waals surface area contributed by atoms with Gasteiger partial charge in [0.1, 0.15) is 10.0 Å². The van der Waals surface area contributed by atoms with E-state index in [1.807, 2.05) is 121 Å². The number of nitrogens with zero attached hydrogens (tertiary/aromatic N) is 10. The number of hydrogen-bond donors (Lipinski definition) is 0. The van der Waals surface area contributed by atoms with E-state index in [9.17, 15) is 0 Å². The normalized spacial score (nSPS) is 11.6. The van der Waals surface area contributed by atoms with Crippen LogP contribution in [0, 0.1) is 0 Å². The molecule has 0 aliphatic carbocycles. The molecule has 0 bridgehead atoms. The van der Waals surface area contributed by atoms with Gasteiger partial charge in [-0.2, -0.15) is 19.9 Å². The summed E-state index contributed by atoms with van der Waals surface area (Å²) < 4.78 is 4.30. The van der Waals surface area contributed by atoms with Gasteiger partial charge in [0.2, 0.25) is 11.9 Å². The molecule has 13 rings (SSSR count). The van der Waals surface area contributed by atoms with Gasteiger partial charge < -0.3 is 0 Å². The van der Waals surface area contributed by atoms with E-state index >= 15 is 0 Å². The van der Waals surface area contributed by atoms with E-state index in [0.717, 1.165) is 87.0 Å². The fraction of sp³-hybridized carbons (Fsp3) is 0. The Morgan fingerprint density at radius 3 is 0.955 bits per heavy atom. The first-order chi connectivity index (χ1) is 33.2. The van der Waals surface area contributed by atoms with Crippen molar-refractivity contribution in [3.63, 3.8) is 0 Å². The first kappa shape index (κ1) is 38.4. The Kier molecular flexibility index (Phi) is 9.10. The second-order valence-corrected chi connectivity index (χ2v) is 17.0. The third-order valence-corrected chi connectivity index (χ3v) is 13.0. The molecule has 13 aromatic rings. The molecule has 11 heteroatoms. The summed E-state index contributed by atoms with van der Waals surface area (Å²) >= 11 is 1.54. The van der Waals surface area contributed by atoms with Crippen LogP contribution in [-0.2, 0) is 0 Å². The summed E-state index contributed by atoms with van der Waals surface area (Å²) in [6.07, 6.45) is 0. The summed E-state index contributed by atoms with van der Waals surface area (Å²) in [6.45, 7) is 0. The van der Waals surface area contributed by atoms with Crippen LogP contribution in [0.15, 0.2) is 206 Å². The fourth-order valence-electron chi connectivity index (χ4n) is 9.03. The number of benzene rings is 8. The van der Waals surface area contributed by atoms with E-state index in [-0.39, 0.29) is 0 Å². The Morgan fingerprint density at radius 2 is 0.597 bits per heavy atom. The minimum atomic E-state index is 0.507. The van der Waals surface area contributed by atoms with Gasteiger partial charge in [-0.15, -0.1) is 10.2 Å². The molecule has 0 saturated carbocycles. The van der Waals surface area contributed by atoms with E-state index in [4.69, 9.17) is 40.1 Å². The lowest BCUT2D eigenvalue weighted by atomic mass is 10.1. The van der Waals surface area contributed by atoms with Crippen molar-refractivity contribution in [3.05, 3.63) is 206 Å². The quantitative estimate of drug-likeness (QED) is 0.148. The summed E-state index contributed by atoms with van der Waals surface area (Å²) in [7, 11) is 0. The maximum absolute atomic E-state index is 5.19. The summed E-state index contributed by atoms with van der Waals surface area (Å²) in [5.74, 6) is 3.35. The van der Waals surface area contributed by atoms with Crippen molar-refractivity contribution in [2.45, 2.75) is 0 Å². The molecule has 314 valence electrons. The predicted octanol–water partition coefficient (Wildman–Crippen LogP) is 13.1. The van der Waals surface area contributed by atoms with Crippen LogP contribution in [0.1, 0.15) is 0 Å². The second-order valence-electron chi connectivity index (χ2n) is 16.1. The lowest BCUT2D eigenvalue weighted by Crippen LogP contribution is -2.06. The van der Waals surface area contributed by atoms with E-state index in [1.165, 1.54) is 0 Å². The third-order valence-electron chi connectivity index (χ3n) is 12.1. The van der Waals surface area contributed by atoms with E-state index in [1.54, 1.807) is 11.3 Å². The summed E-state index contributed by atoms with van der Waals surface area (Å²) in [6, 6.07) is 69.7. The smallest absolute Gasteiger partial charge is 0.238 e. The molecule has 0 saturated heterocycles. The van der Waals surface area contributed by atoms with Crippen LogP contribution in [0.5, 0.6) is 0 Å². The highest BCUT2D eigenvalue weighted by molar-refractivity contribution is 7.18. The number of fused-ring (bicyclic) bond motifs is 6. The monoisotopic (exact) mass is 878 g/mol. The van der Waals surface area contributed by atoms with Gasteiger partial charge in [0.25, 0.3) is 0 Å². The SMILES string of the molecule is c1ccc(-c2nc(-c3ccccc3)nc(-n3c4ccccc4c4cccc(-c5nnc(-c6cccc7c8ccccc8n(-c8nc(-c9ccccc9)nc(-c9ccccc9)n8)c67)s5)c43)n2)cc1. The summed E-state index contributed by atoms with van der Waals surface area (Å²) in [5, 5.41) is 15.7. The van der Waals surface area contributed by atoms with Crippen molar-refractivity contribution in [3.8, 4) is 78.6 Å². The van der Waals surface area contributed by atoms with Crippen molar-refractivity contribution < 1.29 is 0 Å². The summed E-state index contributed by atoms with van der Waals surface area (Å²) in [4.78, 5) is 30.8.